The molecular weight excluding hydrogens is 272 g/mol. The molecule has 1 aromatic heterocycles. The van der Waals surface area contributed by atoms with Crippen molar-refractivity contribution in [3.63, 3.8) is 0 Å². The summed E-state index contributed by atoms with van der Waals surface area (Å²) in [5, 5.41) is 7.23. The van der Waals surface area contributed by atoms with Gasteiger partial charge in [-0.25, -0.2) is 0 Å². The molecule has 1 saturated heterocycles. The first kappa shape index (κ1) is 12.0. The molecule has 0 unspecified atom stereocenters. The third kappa shape index (κ3) is 1.50. The van der Waals surface area contributed by atoms with Gasteiger partial charge in [-0.2, -0.15) is 10.1 Å². The van der Waals surface area contributed by atoms with Gasteiger partial charge in [-0.05, 0) is 42.2 Å². The van der Waals surface area contributed by atoms with Crippen molar-refractivity contribution in [2.45, 2.75) is 13.3 Å². The number of hydrogen-bond donors (Lipinski definition) is 0. The normalized spacial score (nSPS) is 34.8. The van der Waals surface area contributed by atoms with E-state index in [-0.39, 0.29) is 35.5 Å². The van der Waals surface area contributed by atoms with Crippen molar-refractivity contribution in [3.8, 4) is 0 Å². The molecule has 2 bridgehead atoms. The number of aryl methyl sites for hydroxylation is 1. The highest BCUT2D eigenvalue weighted by Crippen LogP contribution is 2.52. The third-order valence-electron chi connectivity index (χ3n) is 4.64. The van der Waals surface area contributed by atoms with E-state index in [2.05, 4.69) is 17.3 Å². The zero-order valence-electron chi connectivity index (χ0n) is 11.0. The molecule has 0 spiro atoms. The Kier molecular flexibility index (Phi) is 2.48. The van der Waals surface area contributed by atoms with Gasteiger partial charge in [-0.1, -0.05) is 12.2 Å². The maximum Gasteiger partial charge on any atom is 0.254 e. The van der Waals surface area contributed by atoms with Crippen LogP contribution in [0.5, 0.6) is 0 Å². The number of fused-ring (bicyclic) bond motifs is 5. The maximum absolute atomic E-state index is 12.4. The molecule has 1 aliphatic heterocycles. The zero-order valence-corrected chi connectivity index (χ0v) is 11.8. The molecule has 20 heavy (non-hydrogen) atoms. The van der Waals surface area contributed by atoms with Gasteiger partial charge in [-0.15, -0.1) is 11.3 Å². The molecule has 102 valence electrons. The molecule has 2 heterocycles. The van der Waals surface area contributed by atoms with Crippen molar-refractivity contribution in [1.29, 1.82) is 0 Å². The Balaban J connectivity index is 1.62. The molecule has 0 N–H and O–H groups in total. The van der Waals surface area contributed by atoms with Crippen molar-refractivity contribution in [2.75, 3.05) is 0 Å². The second-order valence-corrected chi connectivity index (χ2v) is 6.65. The van der Waals surface area contributed by atoms with Crippen molar-refractivity contribution in [3.05, 3.63) is 34.0 Å². The number of amides is 2. The van der Waals surface area contributed by atoms with Gasteiger partial charge in [0.05, 0.1) is 22.9 Å². The van der Waals surface area contributed by atoms with Crippen LogP contribution < -0.4 is 0 Å². The van der Waals surface area contributed by atoms with Gasteiger partial charge in [0.25, 0.3) is 11.8 Å². The van der Waals surface area contributed by atoms with Crippen LogP contribution in [-0.2, 0) is 9.59 Å². The van der Waals surface area contributed by atoms with Gasteiger partial charge in [0.2, 0.25) is 0 Å². The summed E-state index contributed by atoms with van der Waals surface area (Å²) < 4.78 is 0. The largest absolute Gasteiger partial charge is 0.272 e. The van der Waals surface area contributed by atoms with E-state index in [0.717, 1.165) is 21.9 Å². The van der Waals surface area contributed by atoms with Gasteiger partial charge in [0.15, 0.2) is 0 Å². The Morgan fingerprint density at radius 2 is 1.90 bits per heavy atom. The monoisotopic (exact) mass is 286 g/mol. The summed E-state index contributed by atoms with van der Waals surface area (Å²) >= 11 is 1.56. The maximum atomic E-state index is 12.4. The molecule has 4 rings (SSSR count). The lowest BCUT2D eigenvalue weighted by Gasteiger charge is -2.13. The van der Waals surface area contributed by atoms with Crippen LogP contribution in [0.1, 0.15) is 16.9 Å². The smallest absolute Gasteiger partial charge is 0.254 e. The second kappa shape index (κ2) is 4.12. The van der Waals surface area contributed by atoms with E-state index in [9.17, 15) is 9.59 Å². The summed E-state index contributed by atoms with van der Waals surface area (Å²) in [5.41, 5.74) is 1.11. The van der Waals surface area contributed by atoms with Gasteiger partial charge >= 0.3 is 0 Å². The Bertz CT molecular complexity index is 631. The van der Waals surface area contributed by atoms with E-state index in [1.807, 2.05) is 18.4 Å². The average Bonchev–Trinajstić information content (AvgIpc) is 3.16. The summed E-state index contributed by atoms with van der Waals surface area (Å²) in [6, 6.07) is 2.00. The fourth-order valence-electron chi connectivity index (χ4n) is 3.63. The second-order valence-electron chi connectivity index (χ2n) is 5.70. The fraction of sp³-hybridized carbons (Fsp3) is 0.400. The average molecular weight is 286 g/mol. The molecule has 3 aliphatic rings. The Hall–Kier alpha value is -1.75. The van der Waals surface area contributed by atoms with E-state index in [4.69, 9.17) is 0 Å². The minimum atomic E-state index is -0.168. The third-order valence-corrected chi connectivity index (χ3v) is 5.59. The molecule has 2 amide bonds. The summed E-state index contributed by atoms with van der Waals surface area (Å²) in [4.78, 5) is 25.8. The van der Waals surface area contributed by atoms with Crippen molar-refractivity contribution < 1.29 is 9.59 Å². The molecule has 4 nitrogen and oxygen atoms in total. The van der Waals surface area contributed by atoms with Gasteiger partial charge < -0.3 is 0 Å². The Labute approximate surface area is 120 Å². The highest BCUT2D eigenvalue weighted by molar-refractivity contribution is 7.11. The first-order valence-corrected chi connectivity index (χ1v) is 7.69. The predicted octanol–water partition coefficient (Wildman–Crippen LogP) is 2.20. The minimum absolute atomic E-state index is 0.123. The number of rotatable bonds is 2. The highest BCUT2D eigenvalue weighted by atomic mass is 32.1. The van der Waals surface area contributed by atoms with Crippen LogP contribution in [0.2, 0.25) is 0 Å². The lowest BCUT2D eigenvalue weighted by molar-refractivity contribution is -0.140. The lowest BCUT2D eigenvalue weighted by Crippen LogP contribution is -2.28. The Morgan fingerprint density at radius 3 is 2.45 bits per heavy atom. The number of hydrogen-bond acceptors (Lipinski definition) is 4. The molecule has 1 saturated carbocycles. The van der Waals surface area contributed by atoms with E-state index in [1.54, 1.807) is 17.6 Å². The Morgan fingerprint density at radius 1 is 1.25 bits per heavy atom. The van der Waals surface area contributed by atoms with Crippen molar-refractivity contribution in [1.82, 2.24) is 5.01 Å². The summed E-state index contributed by atoms with van der Waals surface area (Å²) in [5.74, 6) is -0.0990. The molecule has 2 fully saturated rings. The van der Waals surface area contributed by atoms with E-state index in [1.165, 1.54) is 0 Å². The highest BCUT2D eigenvalue weighted by Gasteiger charge is 2.59. The number of nitrogens with zero attached hydrogens (tertiary/aromatic N) is 2. The van der Waals surface area contributed by atoms with E-state index >= 15 is 0 Å². The molecule has 1 aromatic rings. The SMILES string of the molecule is Cc1ccsc1C=NN1C(=O)[C@@H]2[C@H](C1=O)[C@H]1C=C[C@H]2C1. The van der Waals surface area contributed by atoms with Crippen LogP contribution in [0.3, 0.4) is 0 Å². The molecule has 0 radical (unpaired) electrons. The van der Waals surface area contributed by atoms with Crippen LogP contribution in [0, 0.1) is 30.6 Å². The minimum Gasteiger partial charge on any atom is -0.272 e. The standard InChI is InChI=1S/C15H14N2O2S/c1-8-4-5-20-11(8)7-16-17-14(18)12-9-2-3-10(6-9)13(12)15(17)19/h2-5,7,9-10,12-13H,6H2,1H3/t9-,10-,12-,13+/m0/s1. The van der Waals surface area contributed by atoms with Crippen LogP contribution in [0.4, 0.5) is 0 Å². The van der Waals surface area contributed by atoms with Crippen LogP contribution >= 0.6 is 11.3 Å². The lowest BCUT2D eigenvalue weighted by atomic mass is 9.85. The predicted molar refractivity (Wildman–Crippen MR) is 76.2 cm³/mol. The zero-order chi connectivity index (χ0) is 13.9. The summed E-state index contributed by atoms with van der Waals surface area (Å²) in [6.45, 7) is 1.99. The topological polar surface area (TPSA) is 49.7 Å². The van der Waals surface area contributed by atoms with Gasteiger partial charge in [0.1, 0.15) is 0 Å². The van der Waals surface area contributed by atoms with Crippen LogP contribution in [-0.4, -0.2) is 23.0 Å². The van der Waals surface area contributed by atoms with E-state index in [0.29, 0.717) is 0 Å². The van der Waals surface area contributed by atoms with Gasteiger partial charge in [-0.3, -0.25) is 9.59 Å². The first-order chi connectivity index (χ1) is 9.66. The first-order valence-electron chi connectivity index (χ1n) is 6.81. The molecule has 2 aliphatic carbocycles. The molecule has 4 atom stereocenters. The number of thiophene rings is 1. The number of imide groups is 1. The summed E-state index contributed by atoms with van der Waals surface area (Å²) in [6.07, 6.45) is 6.77. The van der Waals surface area contributed by atoms with Gasteiger partial charge in [0, 0.05) is 0 Å². The van der Waals surface area contributed by atoms with Crippen molar-refractivity contribution in [2.24, 2.45) is 28.8 Å². The van der Waals surface area contributed by atoms with Crippen molar-refractivity contribution >= 4 is 29.4 Å². The van der Waals surface area contributed by atoms with Crippen LogP contribution in [0.15, 0.2) is 28.7 Å². The number of allylic oxidation sites excluding steroid dienone is 2. The summed E-state index contributed by atoms with van der Waals surface area (Å²) in [7, 11) is 0. The molecule has 5 heteroatoms. The fourth-order valence-corrected chi connectivity index (χ4v) is 4.41. The van der Waals surface area contributed by atoms with E-state index < -0.39 is 0 Å². The number of carbonyl (C=O) groups is 2. The number of carbonyl (C=O) groups excluding carboxylic acids is 2. The quantitative estimate of drug-likeness (QED) is 0.475. The van der Waals surface area contributed by atoms with Crippen LogP contribution in [0.25, 0.3) is 0 Å². The molecular formula is C15H14N2O2S. The number of hydrazone groups is 1. The molecule has 0 aromatic carbocycles.